The second-order valence-corrected chi connectivity index (χ2v) is 9.69. The van der Waals surface area contributed by atoms with Gasteiger partial charge in [0.05, 0.1) is 32.3 Å². The summed E-state index contributed by atoms with van der Waals surface area (Å²) in [6, 6.07) is 8.53. The van der Waals surface area contributed by atoms with E-state index >= 15 is 0 Å². The minimum absolute atomic E-state index is 0.0271. The summed E-state index contributed by atoms with van der Waals surface area (Å²) in [4.78, 5) is 13.6. The standard InChI is InChI=1S/C20H23N3O5S2/c1-3-16-12-15(13-21)20(29-16)22-19(24)11-14-4-5-17(27-2)18(10-14)30(25,26)23-6-8-28-9-7-23/h4-5,10,12H,3,6-9,11H2,1-2H3,(H,22,24). The molecule has 1 aliphatic rings. The Morgan fingerprint density at radius 1 is 1.33 bits per heavy atom. The van der Waals surface area contributed by atoms with Crippen LogP contribution in [0.2, 0.25) is 0 Å². The van der Waals surface area contributed by atoms with Gasteiger partial charge in [0, 0.05) is 18.0 Å². The molecule has 0 atom stereocenters. The van der Waals surface area contributed by atoms with Crippen molar-refractivity contribution in [3.05, 3.63) is 40.3 Å². The number of sulfonamides is 1. The fraction of sp³-hybridized carbons (Fsp3) is 0.400. The SMILES string of the molecule is CCc1cc(C#N)c(NC(=O)Cc2ccc(OC)c(S(=O)(=O)N3CCOCC3)c2)s1. The number of morpholine rings is 1. The molecule has 1 aliphatic heterocycles. The molecule has 0 aliphatic carbocycles. The highest BCUT2D eigenvalue weighted by Crippen LogP contribution is 2.30. The van der Waals surface area contributed by atoms with Crippen molar-refractivity contribution in [1.82, 2.24) is 4.31 Å². The van der Waals surface area contributed by atoms with Gasteiger partial charge in [0.1, 0.15) is 21.7 Å². The molecule has 1 amide bonds. The lowest BCUT2D eigenvalue weighted by Gasteiger charge is -2.26. The number of nitriles is 1. The van der Waals surface area contributed by atoms with Crippen LogP contribution in [0.1, 0.15) is 22.9 Å². The Kier molecular flexibility index (Phi) is 7.10. The van der Waals surface area contributed by atoms with Crippen molar-refractivity contribution in [3.8, 4) is 11.8 Å². The van der Waals surface area contributed by atoms with E-state index < -0.39 is 10.0 Å². The number of ether oxygens (including phenoxy) is 2. The maximum atomic E-state index is 13.1. The van der Waals surface area contributed by atoms with Crippen molar-refractivity contribution in [2.24, 2.45) is 0 Å². The fourth-order valence-electron chi connectivity index (χ4n) is 3.11. The van der Waals surface area contributed by atoms with Crippen LogP contribution in [0.25, 0.3) is 0 Å². The average Bonchev–Trinajstić information content (AvgIpc) is 3.16. The molecular formula is C20H23N3O5S2. The van der Waals surface area contributed by atoms with Gasteiger partial charge >= 0.3 is 0 Å². The van der Waals surface area contributed by atoms with Crippen LogP contribution in [-0.2, 0) is 32.4 Å². The van der Waals surface area contributed by atoms with Crippen LogP contribution >= 0.6 is 11.3 Å². The molecule has 1 aromatic heterocycles. The lowest BCUT2D eigenvalue weighted by atomic mass is 10.1. The minimum atomic E-state index is -3.78. The number of methoxy groups -OCH3 is 1. The normalized spacial score (nSPS) is 14.8. The molecule has 3 rings (SSSR count). The van der Waals surface area contributed by atoms with Crippen LogP contribution in [0.4, 0.5) is 5.00 Å². The number of anilines is 1. The fourth-order valence-corrected chi connectivity index (χ4v) is 5.68. The molecule has 0 spiro atoms. The Morgan fingerprint density at radius 2 is 2.07 bits per heavy atom. The molecule has 0 bridgehead atoms. The first-order valence-corrected chi connectivity index (χ1v) is 11.7. The third-order valence-corrected chi connectivity index (χ3v) is 7.80. The molecule has 2 heterocycles. The van der Waals surface area contributed by atoms with E-state index in [1.54, 1.807) is 18.2 Å². The van der Waals surface area contributed by atoms with Gasteiger partial charge < -0.3 is 14.8 Å². The molecule has 160 valence electrons. The molecule has 1 saturated heterocycles. The third kappa shape index (κ3) is 4.82. The molecule has 0 unspecified atom stereocenters. The first-order chi connectivity index (χ1) is 14.4. The van der Waals surface area contributed by atoms with Crippen molar-refractivity contribution >= 4 is 32.3 Å². The molecule has 0 saturated carbocycles. The number of amides is 1. The highest BCUT2D eigenvalue weighted by atomic mass is 32.2. The van der Waals surface area contributed by atoms with Crippen LogP contribution < -0.4 is 10.1 Å². The molecular weight excluding hydrogens is 426 g/mol. The van der Waals surface area contributed by atoms with Crippen LogP contribution in [-0.4, -0.2) is 52.0 Å². The van der Waals surface area contributed by atoms with Gasteiger partial charge in [0.25, 0.3) is 0 Å². The Labute approximate surface area is 180 Å². The summed E-state index contributed by atoms with van der Waals surface area (Å²) in [5.41, 5.74) is 0.960. The number of hydrogen-bond acceptors (Lipinski definition) is 7. The predicted octanol–water partition coefficient (Wildman–Crippen LogP) is 2.39. The first-order valence-electron chi connectivity index (χ1n) is 9.46. The summed E-state index contributed by atoms with van der Waals surface area (Å²) in [6.45, 7) is 3.19. The monoisotopic (exact) mass is 449 g/mol. The smallest absolute Gasteiger partial charge is 0.246 e. The van der Waals surface area contributed by atoms with Gasteiger partial charge in [-0.3, -0.25) is 4.79 Å². The van der Waals surface area contributed by atoms with E-state index in [0.717, 1.165) is 11.3 Å². The topological polar surface area (TPSA) is 109 Å². The Balaban J connectivity index is 1.82. The average molecular weight is 450 g/mol. The number of nitrogens with zero attached hydrogens (tertiary/aromatic N) is 2. The van der Waals surface area contributed by atoms with Gasteiger partial charge in [0.2, 0.25) is 15.9 Å². The Bertz CT molecular complexity index is 1070. The van der Waals surface area contributed by atoms with E-state index in [2.05, 4.69) is 11.4 Å². The molecule has 1 aromatic carbocycles. The lowest BCUT2D eigenvalue weighted by molar-refractivity contribution is -0.115. The first kappa shape index (κ1) is 22.2. The van der Waals surface area contributed by atoms with Crippen molar-refractivity contribution in [2.75, 3.05) is 38.7 Å². The van der Waals surface area contributed by atoms with Gasteiger partial charge in [0.15, 0.2) is 0 Å². The number of carbonyl (C=O) groups excluding carboxylic acids is 1. The summed E-state index contributed by atoms with van der Waals surface area (Å²) in [6.07, 6.45) is 0.746. The summed E-state index contributed by atoms with van der Waals surface area (Å²) in [7, 11) is -2.37. The van der Waals surface area contributed by atoms with Gasteiger partial charge in [-0.25, -0.2) is 8.42 Å². The summed E-state index contributed by atoms with van der Waals surface area (Å²) in [5.74, 6) is -0.0980. The summed E-state index contributed by atoms with van der Waals surface area (Å²) >= 11 is 1.37. The molecule has 0 radical (unpaired) electrons. The van der Waals surface area contributed by atoms with Crippen LogP contribution in [0.5, 0.6) is 5.75 Å². The van der Waals surface area contributed by atoms with E-state index in [1.165, 1.54) is 28.8 Å². The minimum Gasteiger partial charge on any atom is -0.495 e. The molecule has 2 aromatic rings. The number of hydrogen-bond donors (Lipinski definition) is 1. The van der Waals surface area contributed by atoms with Gasteiger partial charge in [-0.2, -0.15) is 9.57 Å². The summed E-state index contributed by atoms with van der Waals surface area (Å²) in [5, 5.41) is 12.5. The van der Waals surface area contributed by atoms with Crippen molar-refractivity contribution < 1.29 is 22.7 Å². The zero-order valence-electron chi connectivity index (χ0n) is 16.8. The molecule has 1 N–H and O–H groups in total. The van der Waals surface area contributed by atoms with Gasteiger partial charge in [-0.05, 0) is 30.2 Å². The van der Waals surface area contributed by atoms with Crippen molar-refractivity contribution in [2.45, 2.75) is 24.7 Å². The van der Waals surface area contributed by atoms with Crippen LogP contribution in [0.15, 0.2) is 29.2 Å². The zero-order valence-corrected chi connectivity index (χ0v) is 18.4. The van der Waals surface area contributed by atoms with E-state index in [0.29, 0.717) is 29.3 Å². The van der Waals surface area contributed by atoms with Gasteiger partial charge in [-0.1, -0.05) is 13.0 Å². The number of benzene rings is 1. The maximum absolute atomic E-state index is 13.1. The van der Waals surface area contributed by atoms with Gasteiger partial charge in [-0.15, -0.1) is 11.3 Å². The zero-order chi connectivity index (χ0) is 21.7. The number of thiophene rings is 1. The highest BCUT2D eigenvalue weighted by molar-refractivity contribution is 7.89. The van der Waals surface area contributed by atoms with E-state index in [9.17, 15) is 18.5 Å². The number of nitrogens with one attached hydrogen (secondary N) is 1. The highest BCUT2D eigenvalue weighted by Gasteiger charge is 2.29. The Morgan fingerprint density at radius 3 is 2.70 bits per heavy atom. The predicted molar refractivity (Wildman–Crippen MR) is 113 cm³/mol. The van der Waals surface area contributed by atoms with Crippen LogP contribution in [0, 0.1) is 11.3 Å². The second kappa shape index (κ2) is 9.57. The van der Waals surface area contributed by atoms with E-state index in [-0.39, 0.29) is 36.1 Å². The second-order valence-electron chi connectivity index (χ2n) is 6.65. The largest absolute Gasteiger partial charge is 0.495 e. The van der Waals surface area contributed by atoms with Crippen molar-refractivity contribution in [3.63, 3.8) is 0 Å². The van der Waals surface area contributed by atoms with E-state index in [1.807, 2.05) is 6.92 Å². The van der Waals surface area contributed by atoms with Crippen LogP contribution in [0.3, 0.4) is 0 Å². The number of rotatable bonds is 7. The van der Waals surface area contributed by atoms with E-state index in [4.69, 9.17) is 9.47 Å². The lowest BCUT2D eigenvalue weighted by Crippen LogP contribution is -2.40. The maximum Gasteiger partial charge on any atom is 0.246 e. The van der Waals surface area contributed by atoms with Crippen molar-refractivity contribution in [1.29, 1.82) is 5.26 Å². The quantitative estimate of drug-likeness (QED) is 0.695. The molecule has 10 heteroatoms. The Hall–Kier alpha value is -2.45. The number of carbonyl (C=O) groups is 1. The molecule has 30 heavy (non-hydrogen) atoms. The third-order valence-electron chi connectivity index (χ3n) is 4.69. The molecule has 8 nitrogen and oxygen atoms in total. The molecule has 1 fully saturated rings. The number of aryl methyl sites for hydroxylation is 1. The summed E-state index contributed by atoms with van der Waals surface area (Å²) < 4.78 is 38.0.